The van der Waals surface area contributed by atoms with Crippen molar-refractivity contribution in [3.63, 3.8) is 0 Å². The Labute approximate surface area is 128 Å². The second-order valence-corrected chi connectivity index (χ2v) is 8.03. The minimum absolute atomic E-state index is 0. The van der Waals surface area contributed by atoms with Gasteiger partial charge in [0.1, 0.15) is 0 Å². The number of hydrogen-bond donors (Lipinski definition) is 0. The average molecular weight is 310 g/mol. The van der Waals surface area contributed by atoms with Crippen molar-refractivity contribution in [3.8, 4) is 0 Å². The van der Waals surface area contributed by atoms with Crippen molar-refractivity contribution in [1.29, 1.82) is 0 Å². The van der Waals surface area contributed by atoms with E-state index in [4.69, 9.17) is 0 Å². The third kappa shape index (κ3) is 153. The maximum atomic E-state index is 4.48. The van der Waals surface area contributed by atoms with Crippen LogP contribution in [0.3, 0.4) is 0 Å². The molecule has 0 rings (SSSR count). The largest absolute Gasteiger partial charge is 4.00 e. The number of hydrogen-bond acceptors (Lipinski definition) is 0. The zero-order valence-corrected chi connectivity index (χ0v) is 16.9. The first-order chi connectivity index (χ1) is 7.37. The zero-order chi connectivity index (χ0) is 14.0. The minimum Gasteiger partial charge on any atom is -0.673 e. The molecule has 0 aromatic heterocycles. The van der Waals surface area contributed by atoms with Gasteiger partial charge in [-0.1, -0.05) is 44.1 Å². The summed E-state index contributed by atoms with van der Waals surface area (Å²) >= 11 is 0. The molecule has 0 aromatic carbocycles. The molecule has 17 heavy (non-hydrogen) atoms. The van der Waals surface area contributed by atoms with Gasteiger partial charge in [-0.15, -0.1) is 0 Å². The predicted molar refractivity (Wildman–Crippen MR) is 83.9 cm³/mol. The van der Waals surface area contributed by atoms with Crippen LogP contribution in [-0.2, 0) is 21.7 Å². The molecule has 0 aliphatic heterocycles. The molecule has 7 heteroatoms. The van der Waals surface area contributed by atoms with E-state index in [1.165, 1.54) is 0 Å². The molecular formula is C10H30N4Si2Ti. The topological polar surface area (TPSA) is 56.4 Å². The molecular weight excluding hydrogens is 280 g/mol. The van der Waals surface area contributed by atoms with Gasteiger partial charge in [0.25, 0.3) is 0 Å². The summed E-state index contributed by atoms with van der Waals surface area (Å²) in [6, 6.07) is 0. The van der Waals surface area contributed by atoms with Crippen molar-refractivity contribution in [2.24, 2.45) is 0 Å². The van der Waals surface area contributed by atoms with Crippen molar-refractivity contribution in [3.05, 3.63) is 20.6 Å². The summed E-state index contributed by atoms with van der Waals surface area (Å²) < 4.78 is 4.48. The maximum absolute atomic E-state index is 4.48. The maximum Gasteiger partial charge on any atom is 4.00 e. The second kappa shape index (κ2) is 36.0. The van der Waals surface area contributed by atoms with E-state index in [9.17, 15) is 0 Å². The van der Waals surface area contributed by atoms with Crippen molar-refractivity contribution < 1.29 is 21.7 Å². The van der Waals surface area contributed by atoms with Gasteiger partial charge in [0.05, 0.1) is 0 Å². The Hall–Kier alpha value is 0.988. The van der Waals surface area contributed by atoms with E-state index in [2.05, 4.69) is 46.8 Å². The summed E-state index contributed by atoms with van der Waals surface area (Å²) in [7, 11) is 9.97. The fraction of sp³-hybridized carbons (Fsp3) is 1.00. The molecule has 0 fully saturated rings. The first kappa shape index (κ1) is 30.8. The fourth-order valence-electron chi connectivity index (χ4n) is 0.447. The van der Waals surface area contributed by atoms with Crippen LogP contribution in [0.1, 0.15) is 0 Å². The summed E-state index contributed by atoms with van der Waals surface area (Å²) in [6.45, 7) is 8.90. The molecule has 4 nitrogen and oxygen atoms in total. The van der Waals surface area contributed by atoms with Gasteiger partial charge in [-0.05, 0) is 0 Å². The van der Waals surface area contributed by atoms with E-state index in [0.29, 0.717) is 0 Å². The van der Waals surface area contributed by atoms with Crippen LogP contribution in [0.25, 0.3) is 20.6 Å². The van der Waals surface area contributed by atoms with Gasteiger partial charge < -0.3 is 20.6 Å². The van der Waals surface area contributed by atoms with Crippen LogP contribution in [0.4, 0.5) is 0 Å². The third-order valence-corrected chi connectivity index (χ3v) is 4.02. The minimum atomic E-state index is -0.264. The molecule has 0 spiro atoms. The van der Waals surface area contributed by atoms with Gasteiger partial charge in [-0.25, -0.2) is 0 Å². The van der Waals surface area contributed by atoms with Gasteiger partial charge in [-0.3, -0.25) is 0 Å². The molecule has 0 unspecified atom stereocenters. The van der Waals surface area contributed by atoms with Crippen molar-refractivity contribution in [2.45, 2.75) is 26.2 Å². The Kier molecular flexibility index (Phi) is 65.1. The number of nitrogens with zero attached hydrogens (tertiary/aromatic N) is 4. The monoisotopic (exact) mass is 310 g/mol. The normalized spacial score (nSPS) is 7.76. The van der Waals surface area contributed by atoms with Crippen LogP contribution in [0, 0.1) is 0 Å². The van der Waals surface area contributed by atoms with Gasteiger partial charge >= 0.3 is 21.7 Å². The summed E-state index contributed by atoms with van der Waals surface area (Å²) in [5, 5.41) is 10.5. The van der Waals surface area contributed by atoms with Crippen LogP contribution in [0.15, 0.2) is 0 Å². The Morgan fingerprint density at radius 1 is 0.529 bits per heavy atom. The van der Waals surface area contributed by atoms with Gasteiger partial charge in [0.15, 0.2) is 0 Å². The van der Waals surface area contributed by atoms with Crippen molar-refractivity contribution >= 4 is 17.9 Å². The van der Waals surface area contributed by atoms with E-state index in [-0.39, 0.29) is 39.6 Å². The van der Waals surface area contributed by atoms with E-state index in [1.54, 1.807) is 42.3 Å². The molecule has 102 valence electrons. The molecule has 0 saturated carbocycles. The standard InChI is InChI=1S/C4H12NSi2.3C2H6N.Ti/c1-6(2)5-7(3)4;3*1-3-2;/h1-4H3;3*1-2H3;/q4*-1;+4. The predicted octanol–water partition coefficient (Wildman–Crippen LogP) is 3.72. The Bertz CT molecular complexity index is 78.0. The molecule has 0 atom stereocenters. The van der Waals surface area contributed by atoms with Crippen molar-refractivity contribution in [1.82, 2.24) is 0 Å². The van der Waals surface area contributed by atoms with Gasteiger partial charge in [0.2, 0.25) is 0 Å². The van der Waals surface area contributed by atoms with Crippen LogP contribution < -0.4 is 0 Å². The smallest absolute Gasteiger partial charge is 0.673 e. The Balaban J connectivity index is -0.0000000411. The second-order valence-electron chi connectivity index (χ2n) is 3.35. The van der Waals surface area contributed by atoms with Crippen LogP contribution >= 0.6 is 0 Å². The SMILES string of the molecule is C[N-]C.C[N-]C.C[N-]C.C[Si](C)[N-][Si](C)C.[Ti+4]. The first-order valence-corrected chi connectivity index (χ1v) is 10.0. The molecule has 0 N–H and O–H groups in total. The zero-order valence-electron chi connectivity index (χ0n) is 13.3. The summed E-state index contributed by atoms with van der Waals surface area (Å²) in [5.74, 6) is 0. The molecule has 2 radical (unpaired) electrons. The van der Waals surface area contributed by atoms with E-state index < -0.39 is 0 Å². The third-order valence-electron chi connectivity index (χ3n) is 0.447. The summed E-state index contributed by atoms with van der Waals surface area (Å²) in [4.78, 5) is 0. The Morgan fingerprint density at radius 2 is 0.647 bits per heavy atom. The molecule has 0 saturated heterocycles. The average Bonchev–Trinajstić information content (AvgIpc) is 2.04. The van der Waals surface area contributed by atoms with Crippen LogP contribution in [0.2, 0.25) is 26.2 Å². The quantitative estimate of drug-likeness (QED) is 0.698. The molecule has 0 aliphatic carbocycles. The summed E-state index contributed by atoms with van der Waals surface area (Å²) in [6.07, 6.45) is 0. The number of rotatable bonds is 2. The fourth-order valence-corrected chi connectivity index (χ4v) is 4.02. The van der Waals surface area contributed by atoms with Gasteiger partial charge in [0, 0.05) is 0 Å². The van der Waals surface area contributed by atoms with Crippen LogP contribution in [-0.4, -0.2) is 60.2 Å². The molecule has 0 aromatic rings. The molecule has 0 aliphatic rings. The van der Waals surface area contributed by atoms with E-state index in [1.807, 2.05) is 0 Å². The van der Waals surface area contributed by atoms with E-state index >= 15 is 0 Å². The molecule has 0 heterocycles. The van der Waals surface area contributed by atoms with Crippen molar-refractivity contribution in [2.75, 3.05) is 42.3 Å². The molecule has 0 bridgehead atoms. The molecule has 0 amide bonds. The Morgan fingerprint density at radius 3 is 0.647 bits per heavy atom. The first-order valence-electron chi connectivity index (χ1n) is 5.13. The van der Waals surface area contributed by atoms with Crippen LogP contribution in [0.5, 0.6) is 0 Å². The van der Waals surface area contributed by atoms with Gasteiger partial charge in [-0.2, -0.15) is 42.3 Å². The van der Waals surface area contributed by atoms with E-state index in [0.717, 1.165) is 0 Å². The summed E-state index contributed by atoms with van der Waals surface area (Å²) in [5.41, 5.74) is 0.